The topological polar surface area (TPSA) is 88.5 Å². The Balaban J connectivity index is 1.83. The van der Waals surface area contributed by atoms with E-state index in [9.17, 15) is 8.42 Å². The molecule has 0 bridgehead atoms. The molecule has 2 atom stereocenters. The SMILES string of the molecule is COc1ccc(N2C(=S)N[C@H](c3ccccn3)[C@@H]2c2ccn(C(C)C)c2)cc1NS(C)(=O)=O. The van der Waals surface area contributed by atoms with E-state index in [0.717, 1.165) is 23.2 Å². The minimum Gasteiger partial charge on any atom is -0.495 e. The molecular weight excluding hydrogens is 458 g/mol. The van der Waals surface area contributed by atoms with Crippen LogP contribution in [0, 0.1) is 0 Å². The van der Waals surface area contributed by atoms with Gasteiger partial charge in [-0.25, -0.2) is 8.42 Å². The highest BCUT2D eigenvalue weighted by Crippen LogP contribution is 2.43. The van der Waals surface area contributed by atoms with Gasteiger partial charge >= 0.3 is 0 Å². The second kappa shape index (κ2) is 9.03. The van der Waals surface area contributed by atoms with Crippen LogP contribution >= 0.6 is 12.2 Å². The van der Waals surface area contributed by atoms with E-state index >= 15 is 0 Å². The summed E-state index contributed by atoms with van der Waals surface area (Å²) in [6.45, 7) is 4.25. The Morgan fingerprint density at radius 2 is 2.00 bits per heavy atom. The number of sulfonamides is 1. The Morgan fingerprint density at radius 3 is 2.61 bits per heavy atom. The molecule has 174 valence electrons. The summed E-state index contributed by atoms with van der Waals surface area (Å²) >= 11 is 5.76. The quantitative estimate of drug-likeness (QED) is 0.489. The highest BCUT2D eigenvalue weighted by atomic mass is 32.2. The van der Waals surface area contributed by atoms with Gasteiger partial charge in [-0.3, -0.25) is 9.71 Å². The summed E-state index contributed by atoms with van der Waals surface area (Å²) in [5.74, 6) is 0.422. The van der Waals surface area contributed by atoms with Gasteiger partial charge in [0.1, 0.15) is 5.75 Å². The number of nitrogens with one attached hydrogen (secondary N) is 2. The Kier molecular flexibility index (Phi) is 6.31. The number of anilines is 2. The number of nitrogens with zero attached hydrogens (tertiary/aromatic N) is 3. The second-order valence-corrected chi connectivity index (χ2v) is 10.4. The van der Waals surface area contributed by atoms with Crippen LogP contribution < -0.4 is 19.7 Å². The monoisotopic (exact) mass is 485 g/mol. The molecule has 0 aliphatic carbocycles. The van der Waals surface area contributed by atoms with Crippen molar-refractivity contribution in [2.45, 2.75) is 32.0 Å². The number of benzene rings is 1. The van der Waals surface area contributed by atoms with Crippen LogP contribution in [-0.4, -0.2) is 36.4 Å². The first-order valence-electron chi connectivity index (χ1n) is 10.5. The molecule has 2 N–H and O–H groups in total. The average Bonchev–Trinajstić information content (AvgIpc) is 3.38. The number of pyridine rings is 1. The van der Waals surface area contributed by atoms with E-state index in [0.29, 0.717) is 22.6 Å². The van der Waals surface area contributed by atoms with Crippen molar-refractivity contribution in [1.82, 2.24) is 14.9 Å². The molecule has 0 unspecified atom stereocenters. The molecule has 10 heteroatoms. The van der Waals surface area contributed by atoms with Crippen LogP contribution in [0.3, 0.4) is 0 Å². The van der Waals surface area contributed by atoms with E-state index in [1.807, 2.05) is 29.2 Å². The molecule has 1 saturated heterocycles. The molecule has 3 aromatic rings. The van der Waals surface area contributed by atoms with Crippen molar-refractivity contribution in [3.05, 3.63) is 72.3 Å². The van der Waals surface area contributed by atoms with Gasteiger partial charge in [-0.2, -0.15) is 0 Å². The highest BCUT2D eigenvalue weighted by Gasteiger charge is 2.41. The van der Waals surface area contributed by atoms with Gasteiger partial charge in [-0.1, -0.05) is 6.07 Å². The van der Waals surface area contributed by atoms with E-state index in [-0.39, 0.29) is 12.1 Å². The number of ether oxygens (including phenoxy) is 1. The van der Waals surface area contributed by atoms with Crippen LogP contribution in [0.1, 0.15) is 43.2 Å². The Labute approximate surface area is 199 Å². The summed E-state index contributed by atoms with van der Waals surface area (Å²) in [4.78, 5) is 6.57. The standard InChI is InChI=1S/C23H27N5O3S2/c1-15(2)27-12-10-16(14-27)22-21(18-7-5-6-11-24-18)25-23(32)28(22)17-8-9-20(31-3)19(13-17)26-33(4,29)30/h5-15,21-22,26H,1-4H3,(H,25,32)/t21-,22+/m1/s1. The van der Waals surface area contributed by atoms with Gasteiger partial charge < -0.3 is 19.5 Å². The van der Waals surface area contributed by atoms with E-state index in [1.54, 1.807) is 18.3 Å². The van der Waals surface area contributed by atoms with Crippen LogP contribution in [0.4, 0.5) is 11.4 Å². The maximum atomic E-state index is 11.9. The first kappa shape index (κ1) is 23.1. The molecule has 0 spiro atoms. The predicted octanol–water partition coefficient (Wildman–Crippen LogP) is 4.02. The zero-order valence-electron chi connectivity index (χ0n) is 18.9. The van der Waals surface area contributed by atoms with Crippen LogP contribution in [0.15, 0.2) is 61.1 Å². The number of aromatic nitrogens is 2. The third kappa shape index (κ3) is 4.81. The summed E-state index contributed by atoms with van der Waals surface area (Å²) in [5.41, 5.74) is 3.02. The van der Waals surface area contributed by atoms with Crippen LogP contribution in [0.25, 0.3) is 0 Å². The lowest BCUT2D eigenvalue weighted by Crippen LogP contribution is -2.29. The van der Waals surface area contributed by atoms with Crippen LogP contribution in [-0.2, 0) is 10.0 Å². The maximum absolute atomic E-state index is 11.9. The molecule has 2 aromatic heterocycles. The van der Waals surface area contributed by atoms with E-state index in [1.165, 1.54) is 7.11 Å². The fourth-order valence-electron chi connectivity index (χ4n) is 4.02. The zero-order chi connectivity index (χ0) is 23.8. The molecule has 1 fully saturated rings. The lowest BCUT2D eigenvalue weighted by Gasteiger charge is -2.28. The third-order valence-corrected chi connectivity index (χ3v) is 6.44. The fraction of sp³-hybridized carbons (Fsp3) is 0.304. The first-order chi connectivity index (χ1) is 15.7. The van der Waals surface area contributed by atoms with Gasteiger partial charge in [0, 0.05) is 30.3 Å². The third-order valence-electron chi connectivity index (χ3n) is 5.53. The number of hydrogen-bond donors (Lipinski definition) is 2. The van der Waals surface area contributed by atoms with Crippen molar-refractivity contribution in [2.24, 2.45) is 0 Å². The summed E-state index contributed by atoms with van der Waals surface area (Å²) in [7, 11) is -2.00. The van der Waals surface area contributed by atoms with Crippen LogP contribution in [0.2, 0.25) is 0 Å². The lowest BCUT2D eigenvalue weighted by atomic mass is 9.98. The van der Waals surface area contributed by atoms with Gasteiger partial charge in [-0.15, -0.1) is 0 Å². The average molecular weight is 486 g/mol. The van der Waals surface area contributed by atoms with Crippen molar-refractivity contribution in [1.29, 1.82) is 0 Å². The first-order valence-corrected chi connectivity index (χ1v) is 12.8. The number of methoxy groups -OCH3 is 1. The normalized spacial score (nSPS) is 18.5. The molecule has 1 aromatic carbocycles. The Morgan fingerprint density at radius 1 is 1.21 bits per heavy atom. The molecule has 8 nitrogen and oxygen atoms in total. The molecule has 0 saturated carbocycles. The summed E-state index contributed by atoms with van der Waals surface area (Å²) < 4.78 is 33.9. The summed E-state index contributed by atoms with van der Waals surface area (Å²) in [6, 6.07) is 13.2. The molecule has 1 aliphatic rings. The Bertz CT molecular complexity index is 1260. The predicted molar refractivity (Wildman–Crippen MR) is 134 cm³/mol. The minimum absolute atomic E-state index is 0.185. The van der Waals surface area contributed by atoms with Crippen molar-refractivity contribution < 1.29 is 13.2 Å². The zero-order valence-corrected chi connectivity index (χ0v) is 20.5. The maximum Gasteiger partial charge on any atom is 0.229 e. The van der Waals surface area contributed by atoms with Crippen molar-refractivity contribution in [3.63, 3.8) is 0 Å². The largest absolute Gasteiger partial charge is 0.495 e. The fourth-order valence-corrected chi connectivity index (χ4v) is 4.93. The molecule has 1 aliphatic heterocycles. The Hall–Kier alpha value is -3.11. The lowest BCUT2D eigenvalue weighted by molar-refractivity contribution is 0.417. The number of rotatable bonds is 7. The molecule has 3 heterocycles. The number of hydrogen-bond acceptors (Lipinski definition) is 5. The van der Waals surface area contributed by atoms with Gasteiger partial charge in [0.15, 0.2) is 5.11 Å². The van der Waals surface area contributed by atoms with Crippen LogP contribution in [0.5, 0.6) is 5.75 Å². The highest BCUT2D eigenvalue weighted by molar-refractivity contribution is 7.92. The van der Waals surface area contributed by atoms with Gasteiger partial charge in [0.2, 0.25) is 10.0 Å². The van der Waals surface area contributed by atoms with Gasteiger partial charge in [-0.05, 0) is 68.0 Å². The molecule has 0 radical (unpaired) electrons. The summed E-state index contributed by atoms with van der Waals surface area (Å²) in [5, 5.41) is 3.95. The second-order valence-electron chi connectivity index (χ2n) is 8.24. The smallest absolute Gasteiger partial charge is 0.229 e. The van der Waals surface area contributed by atoms with Gasteiger partial charge in [0.25, 0.3) is 0 Å². The molecular formula is C23H27N5O3S2. The van der Waals surface area contributed by atoms with Crippen molar-refractivity contribution in [3.8, 4) is 5.75 Å². The molecule has 33 heavy (non-hydrogen) atoms. The summed E-state index contributed by atoms with van der Waals surface area (Å²) in [6.07, 6.45) is 7.04. The van der Waals surface area contributed by atoms with E-state index in [2.05, 4.69) is 51.9 Å². The molecule has 4 rings (SSSR count). The van der Waals surface area contributed by atoms with E-state index < -0.39 is 10.0 Å². The molecule has 0 amide bonds. The van der Waals surface area contributed by atoms with Crippen molar-refractivity contribution >= 4 is 38.7 Å². The van der Waals surface area contributed by atoms with Crippen molar-refractivity contribution in [2.75, 3.05) is 23.0 Å². The van der Waals surface area contributed by atoms with E-state index in [4.69, 9.17) is 17.0 Å². The minimum atomic E-state index is -3.50. The van der Waals surface area contributed by atoms with Gasteiger partial charge in [0.05, 0.1) is 36.8 Å². The number of thiocarbonyl (C=S) groups is 1.